The Labute approximate surface area is 174 Å². The van der Waals surface area contributed by atoms with Crippen LogP contribution in [0, 0.1) is 6.92 Å². The van der Waals surface area contributed by atoms with E-state index in [1.807, 2.05) is 55.5 Å². The number of halogens is 1. The number of amides is 1. The van der Waals surface area contributed by atoms with E-state index in [1.54, 1.807) is 29.2 Å². The second kappa shape index (κ2) is 8.04. The molecule has 4 nitrogen and oxygen atoms in total. The first-order chi connectivity index (χ1) is 14.1. The third-order valence-electron chi connectivity index (χ3n) is 5.26. The molecule has 0 saturated carbocycles. The van der Waals surface area contributed by atoms with Gasteiger partial charge in [0.1, 0.15) is 0 Å². The van der Waals surface area contributed by atoms with Gasteiger partial charge in [0, 0.05) is 29.8 Å². The molecule has 0 N–H and O–H groups in total. The van der Waals surface area contributed by atoms with Crippen LogP contribution in [0.25, 0.3) is 16.8 Å². The number of rotatable bonds is 4. The van der Waals surface area contributed by atoms with E-state index < -0.39 is 0 Å². The van der Waals surface area contributed by atoms with Gasteiger partial charge in [0.05, 0.1) is 11.4 Å². The third kappa shape index (κ3) is 3.61. The molecule has 29 heavy (non-hydrogen) atoms. The molecule has 0 fully saturated rings. The van der Waals surface area contributed by atoms with E-state index in [1.165, 1.54) is 5.56 Å². The minimum Gasteiger partial charge on any atom is -0.308 e. The summed E-state index contributed by atoms with van der Waals surface area (Å²) in [6.45, 7) is 2.52. The Kier molecular flexibility index (Phi) is 5.30. The molecule has 0 aromatic heterocycles. The lowest BCUT2D eigenvalue weighted by atomic mass is 9.95. The van der Waals surface area contributed by atoms with Gasteiger partial charge >= 0.3 is 0 Å². The van der Waals surface area contributed by atoms with Crippen LogP contribution in [-0.2, 0) is 9.59 Å². The van der Waals surface area contributed by atoms with Crippen LogP contribution in [0.3, 0.4) is 0 Å². The van der Waals surface area contributed by atoms with E-state index in [2.05, 4.69) is 4.99 Å². The summed E-state index contributed by atoms with van der Waals surface area (Å²) >= 11 is 6.25. The van der Waals surface area contributed by atoms with Gasteiger partial charge in [0.25, 0.3) is 5.91 Å². The Morgan fingerprint density at radius 1 is 1.21 bits per heavy atom. The highest BCUT2D eigenvalue weighted by atomic mass is 35.5. The lowest BCUT2D eigenvalue weighted by Gasteiger charge is -2.16. The lowest BCUT2D eigenvalue weighted by molar-refractivity contribution is -0.114. The first-order valence-electron chi connectivity index (χ1n) is 9.38. The minimum atomic E-state index is -0.129. The summed E-state index contributed by atoms with van der Waals surface area (Å²) in [5.74, 6) is 0.289. The molecule has 5 heteroatoms. The molecule has 0 aliphatic carbocycles. The van der Waals surface area contributed by atoms with Gasteiger partial charge in [-0.3, -0.25) is 4.79 Å². The number of hydrogen-bond donors (Lipinski definition) is 0. The second-order valence-electron chi connectivity index (χ2n) is 7.12. The summed E-state index contributed by atoms with van der Waals surface area (Å²) in [5, 5.41) is 1.82. The molecule has 1 aliphatic heterocycles. The number of benzene rings is 3. The SMILES string of the molecule is Cc1ccc(/C=C/C(=O)N2CC(CCl)c3c2cc(N=C=O)c2ccccc32)cc1. The minimum absolute atomic E-state index is 0.0163. The van der Waals surface area contributed by atoms with Gasteiger partial charge < -0.3 is 4.90 Å². The average molecular weight is 403 g/mol. The van der Waals surface area contributed by atoms with Crippen molar-refractivity contribution in [3.05, 3.63) is 77.4 Å². The Hall–Kier alpha value is -3.20. The van der Waals surface area contributed by atoms with Gasteiger partial charge in [-0.05, 0) is 35.6 Å². The van der Waals surface area contributed by atoms with E-state index >= 15 is 0 Å². The largest absolute Gasteiger partial charge is 0.308 e. The number of fused-ring (bicyclic) bond motifs is 3. The maximum absolute atomic E-state index is 13.0. The van der Waals surface area contributed by atoms with Crippen LogP contribution in [0.5, 0.6) is 0 Å². The number of isocyanates is 1. The van der Waals surface area contributed by atoms with Crippen molar-refractivity contribution in [1.29, 1.82) is 0 Å². The molecule has 0 spiro atoms. The highest BCUT2D eigenvalue weighted by molar-refractivity contribution is 6.19. The zero-order valence-electron chi connectivity index (χ0n) is 15.9. The Balaban J connectivity index is 1.77. The number of anilines is 1. The molecule has 1 amide bonds. The molecule has 0 bridgehead atoms. The maximum Gasteiger partial charge on any atom is 0.251 e. The van der Waals surface area contributed by atoms with Crippen molar-refractivity contribution in [2.45, 2.75) is 12.8 Å². The third-order valence-corrected chi connectivity index (χ3v) is 5.63. The number of carbonyl (C=O) groups excluding carboxylic acids is 2. The number of hydrogen-bond acceptors (Lipinski definition) is 3. The Bertz CT molecular complexity index is 1160. The van der Waals surface area contributed by atoms with E-state index in [-0.39, 0.29) is 11.8 Å². The molecule has 144 valence electrons. The first-order valence-corrected chi connectivity index (χ1v) is 9.91. The topological polar surface area (TPSA) is 49.7 Å². The molecular weight excluding hydrogens is 384 g/mol. The van der Waals surface area contributed by atoms with Gasteiger partial charge in [0.15, 0.2) is 0 Å². The van der Waals surface area contributed by atoms with Crippen molar-refractivity contribution in [1.82, 2.24) is 0 Å². The van der Waals surface area contributed by atoms with Crippen LogP contribution < -0.4 is 4.90 Å². The number of aliphatic imine (C=N–C) groups is 1. The van der Waals surface area contributed by atoms with Crippen LogP contribution in [0.15, 0.2) is 65.7 Å². The van der Waals surface area contributed by atoms with Gasteiger partial charge in [-0.25, -0.2) is 4.79 Å². The molecule has 3 aromatic carbocycles. The first kappa shape index (κ1) is 19.1. The summed E-state index contributed by atoms with van der Waals surface area (Å²) in [4.78, 5) is 29.5. The van der Waals surface area contributed by atoms with Crippen molar-refractivity contribution >= 4 is 51.8 Å². The van der Waals surface area contributed by atoms with Crippen LogP contribution in [-0.4, -0.2) is 24.4 Å². The fraction of sp³-hybridized carbons (Fsp3) is 0.167. The van der Waals surface area contributed by atoms with Gasteiger partial charge in [-0.1, -0.05) is 54.1 Å². The Morgan fingerprint density at radius 3 is 2.62 bits per heavy atom. The standard InChI is InChI=1S/C24H19ClN2O2/c1-16-6-8-17(9-7-16)10-11-23(29)27-14-18(13-25)24-20-5-3-2-4-19(20)21(26-15-28)12-22(24)27/h2-12,18H,13-14H2,1H3/b11-10+. The summed E-state index contributed by atoms with van der Waals surface area (Å²) in [5.41, 5.74) is 4.41. The van der Waals surface area contributed by atoms with Crippen molar-refractivity contribution in [3.63, 3.8) is 0 Å². The predicted molar refractivity (Wildman–Crippen MR) is 118 cm³/mol. The predicted octanol–water partition coefficient (Wildman–Crippen LogP) is 5.50. The molecule has 1 atom stereocenters. The van der Waals surface area contributed by atoms with Crippen molar-refractivity contribution < 1.29 is 9.59 Å². The molecule has 3 aromatic rings. The normalized spacial score (nSPS) is 15.5. The van der Waals surface area contributed by atoms with Crippen LogP contribution in [0.1, 0.15) is 22.6 Å². The molecule has 1 heterocycles. The maximum atomic E-state index is 13.0. The van der Waals surface area contributed by atoms with Gasteiger partial charge in [0.2, 0.25) is 6.08 Å². The van der Waals surface area contributed by atoms with E-state index in [0.717, 1.165) is 27.6 Å². The lowest BCUT2D eigenvalue weighted by Crippen LogP contribution is -2.28. The van der Waals surface area contributed by atoms with Crippen LogP contribution in [0.4, 0.5) is 11.4 Å². The zero-order chi connectivity index (χ0) is 20.4. The van der Waals surface area contributed by atoms with Crippen LogP contribution in [0.2, 0.25) is 0 Å². The Morgan fingerprint density at radius 2 is 1.93 bits per heavy atom. The molecule has 0 saturated heterocycles. The summed E-state index contributed by atoms with van der Waals surface area (Å²) < 4.78 is 0. The fourth-order valence-electron chi connectivity index (χ4n) is 3.84. The monoisotopic (exact) mass is 402 g/mol. The van der Waals surface area contributed by atoms with E-state index in [4.69, 9.17) is 11.6 Å². The second-order valence-corrected chi connectivity index (χ2v) is 7.43. The van der Waals surface area contributed by atoms with Crippen molar-refractivity contribution in [3.8, 4) is 0 Å². The van der Waals surface area contributed by atoms with Gasteiger partial charge in [-0.2, -0.15) is 4.99 Å². The highest BCUT2D eigenvalue weighted by Gasteiger charge is 2.33. The summed E-state index contributed by atoms with van der Waals surface area (Å²) in [6.07, 6.45) is 5.00. The molecule has 1 aliphatic rings. The molecule has 0 radical (unpaired) electrons. The fourth-order valence-corrected chi connectivity index (χ4v) is 4.09. The number of alkyl halides is 1. The highest BCUT2D eigenvalue weighted by Crippen LogP contribution is 2.45. The molecule has 1 unspecified atom stereocenters. The molecular formula is C24H19ClN2O2. The quantitative estimate of drug-likeness (QED) is 0.250. The summed E-state index contributed by atoms with van der Waals surface area (Å²) in [7, 11) is 0. The van der Waals surface area contributed by atoms with Crippen molar-refractivity contribution in [2.24, 2.45) is 4.99 Å². The average Bonchev–Trinajstić information content (AvgIpc) is 3.12. The number of nitrogens with zero attached hydrogens (tertiary/aromatic N) is 2. The van der Waals surface area contributed by atoms with E-state index in [0.29, 0.717) is 18.1 Å². The molecule has 4 rings (SSSR count). The van der Waals surface area contributed by atoms with E-state index in [9.17, 15) is 9.59 Å². The van der Waals surface area contributed by atoms with Crippen LogP contribution >= 0.6 is 11.6 Å². The zero-order valence-corrected chi connectivity index (χ0v) is 16.7. The number of aryl methyl sites for hydroxylation is 1. The number of carbonyl (C=O) groups is 1. The van der Waals surface area contributed by atoms with Gasteiger partial charge in [-0.15, -0.1) is 11.6 Å². The summed E-state index contributed by atoms with van der Waals surface area (Å²) in [6, 6.07) is 17.5. The smallest absolute Gasteiger partial charge is 0.251 e. The van der Waals surface area contributed by atoms with Crippen molar-refractivity contribution in [2.75, 3.05) is 17.3 Å².